The molecule has 1 fully saturated rings. The molecule has 1 saturated heterocycles. The lowest BCUT2D eigenvalue weighted by atomic mass is 9.78. The lowest BCUT2D eigenvalue weighted by Crippen LogP contribution is -2.53. The van der Waals surface area contributed by atoms with Crippen LogP contribution in [0.2, 0.25) is 0 Å². The molecule has 1 aliphatic rings. The van der Waals surface area contributed by atoms with E-state index in [9.17, 15) is 9.90 Å². The predicted octanol–water partition coefficient (Wildman–Crippen LogP) is 3.80. The highest BCUT2D eigenvalue weighted by Gasteiger charge is 2.47. The van der Waals surface area contributed by atoms with Crippen molar-refractivity contribution in [3.8, 4) is 0 Å². The van der Waals surface area contributed by atoms with E-state index in [4.69, 9.17) is 4.74 Å². The molecule has 2 heterocycles. The van der Waals surface area contributed by atoms with Gasteiger partial charge in [0.25, 0.3) is 0 Å². The normalized spacial score (nSPS) is 13.7. The Hall–Kier alpha value is -3.42. The molecule has 7 heteroatoms. The van der Waals surface area contributed by atoms with Gasteiger partial charge >= 0.3 is 5.97 Å². The number of hydrogen-bond donors (Lipinski definition) is 4. The van der Waals surface area contributed by atoms with E-state index < -0.39 is 11.4 Å². The number of nitrogens with zero attached hydrogens (tertiary/aromatic N) is 1. The molecule has 1 aromatic heterocycles. The van der Waals surface area contributed by atoms with E-state index in [-0.39, 0.29) is 13.2 Å². The Bertz CT molecular complexity index is 983. The zero-order valence-corrected chi connectivity index (χ0v) is 19.7. The van der Waals surface area contributed by atoms with Crippen molar-refractivity contribution in [2.45, 2.75) is 18.3 Å². The zero-order chi connectivity index (χ0) is 24.1. The SMILES string of the molecule is CNc1ncccc1NCCCNCCc1cccc(C2(C(=O)O)COC2)c1.c1ccccc1. The number of rotatable bonds is 11. The molecule has 0 atom stereocenters. The average molecular weight is 463 g/mol. The van der Waals surface area contributed by atoms with Crippen LogP contribution in [0.4, 0.5) is 11.5 Å². The van der Waals surface area contributed by atoms with Gasteiger partial charge in [0.15, 0.2) is 0 Å². The van der Waals surface area contributed by atoms with Crippen molar-refractivity contribution in [1.82, 2.24) is 10.3 Å². The van der Waals surface area contributed by atoms with Gasteiger partial charge in [-0.1, -0.05) is 60.7 Å². The first kappa shape index (κ1) is 25.2. The van der Waals surface area contributed by atoms with Crippen molar-refractivity contribution in [1.29, 1.82) is 0 Å². The Labute approximate surface area is 201 Å². The number of ether oxygens (including phenoxy) is 1. The summed E-state index contributed by atoms with van der Waals surface area (Å²) in [6, 6.07) is 23.8. The lowest BCUT2D eigenvalue weighted by Gasteiger charge is -2.37. The monoisotopic (exact) mass is 462 g/mol. The van der Waals surface area contributed by atoms with Gasteiger partial charge in [-0.2, -0.15) is 0 Å². The molecule has 0 spiro atoms. The van der Waals surface area contributed by atoms with Crippen LogP contribution in [-0.4, -0.2) is 56.0 Å². The Morgan fingerprint density at radius 3 is 2.35 bits per heavy atom. The quantitative estimate of drug-likeness (QED) is 0.322. The lowest BCUT2D eigenvalue weighted by molar-refractivity contribution is -0.163. The van der Waals surface area contributed by atoms with E-state index >= 15 is 0 Å². The number of anilines is 2. The van der Waals surface area contributed by atoms with Gasteiger partial charge in [-0.15, -0.1) is 0 Å². The third-order valence-electron chi connectivity index (χ3n) is 5.73. The van der Waals surface area contributed by atoms with Gasteiger partial charge in [0, 0.05) is 19.8 Å². The van der Waals surface area contributed by atoms with Crippen LogP contribution in [0.25, 0.3) is 0 Å². The summed E-state index contributed by atoms with van der Waals surface area (Å²) in [6.07, 6.45) is 3.63. The van der Waals surface area contributed by atoms with Crippen molar-refractivity contribution in [2.75, 3.05) is 50.5 Å². The molecular formula is C27H34N4O3. The summed E-state index contributed by atoms with van der Waals surface area (Å²) in [5.74, 6) is 0.0444. The summed E-state index contributed by atoms with van der Waals surface area (Å²) in [5.41, 5.74) is 2.12. The van der Waals surface area contributed by atoms with E-state index in [0.717, 1.165) is 55.1 Å². The molecule has 0 radical (unpaired) electrons. The second kappa shape index (κ2) is 13.3. The minimum absolute atomic E-state index is 0.253. The summed E-state index contributed by atoms with van der Waals surface area (Å²) < 4.78 is 5.17. The second-order valence-corrected chi connectivity index (χ2v) is 8.17. The van der Waals surface area contributed by atoms with Crippen LogP contribution < -0.4 is 16.0 Å². The van der Waals surface area contributed by atoms with E-state index in [0.29, 0.717) is 0 Å². The number of hydrogen-bond acceptors (Lipinski definition) is 6. The fraction of sp³-hybridized carbons (Fsp3) is 0.333. The van der Waals surface area contributed by atoms with Crippen LogP contribution in [0.3, 0.4) is 0 Å². The van der Waals surface area contributed by atoms with Crippen molar-refractivity contribution in [3.63, 3.8) is 0 Å². The maximum Gasteiger partial charge on any atom is 0.318 e. The van der Waals surface area contributed by atoms with Crippen LogP contribution in [0.5, 0.6) is 0 Å². The summed E-state index contributed by atoms with van der Waals surface area (Å²) in [7, 11) is 1.86. The molecule has 3 aromatic rings. The van der Waals surface area contributed by atoms with E-state index in [1.54, 1.807) is 6.20 Å². The molecular weight excluding hydrogens is 428 g/mol. The second-order valence-electron chi connectivity index (χ2n) is 8.17. The molecule has 0 amide bonds. The number of aromatic nitrogens is 1. The van der Waals surface area contributed by atoms with E-state index in [2.05, 4.69) is 20.9 Å². The summed E-state index contributed by atoms with van der Waals surface area (Å²) in [5, 5.41) is 19.4. The third-order valence-corrected chi connectivity index (χ3v) is 5.73. The standard InChI is InChI=1S/C21H28N4O3.C6H6/c1-22-19-18(7-3-10-25-19)24-11-4-9-23-12-8-16-5-2-6-17(13-16)21(20(26)27)14-28-15-21;1-2-4-6-5-3-1/h2-3,5-7,10,13,23-24H,4,8-9,11-12,14-15H2,1H3,(H,22,25)(H,26,27);1-6H. The Morgan fingerprint density at radius 1 is 1.00 bits per heavy atom. The van der Waals surface area contributed by atoms with Crippen molar-refractivity contribution in [2.24, 2.45) is 0 Å². The number of carboxylic acid groups (broad SMARTS) is 1. The first-order chi connectivity index (χ1) is 16.7. The number of carbonyl (C=O) groups is 1. The first-order valence-electron chi connectivity index (χ1n) is 11.6. The summed E-state index contributed by atoms with van der Waals surface area (Å²) >= 11 is 0. The van der Waals surface area contributed by atoms with Gasteiger partial charge in [-0.05, 0) is 49.2 Å². The van der Waals surface area contributed by atoms with Crippen LogP contribution in [0.1, 0.15) is 17.5 Å². The van der Waals surface area contributed by atoms with Crippen molar-refractivity contribution < 1.29 is 14.6 Å². The molecule has 0 aliphatic carbocycles. The van der Waals surface area contributed by atoms with E-state index in [1.807, 2.05) is 79.8 Å². The maximum atomic E-state index is 11.6. The van der Waals surface area contributed by atoms with Gasteiger partial charge in [-0.25, -0.2) is 4.98 Å². The fourth-order valence-corrected chi connectivity index (χ4v) is 3.67. The highest BCUT2D eigenvalue weighted by Crippen LogP contribution is 2.33. The molecule has 180 valence electrons. The molecule has 0 bridgehead atoms. The molecule has 34 heavy (non-hydrogen) atoms. The van der Waals surface area contributed by atoms with Crippen LogP contribution in [0.15, 0.2) is 79.0 Å². The highest BCUT2D eigenvalue weighted by atomic mass is 16.5. The Balaban J connectivity index is 0.000000469. The molecule has 0 saturated carbocycles. The topological polar surface area (TPSA) is 95.5 Å². The average Bonchev–Trinajstić information content (AvgIpc) is 2.84. The smallest absolute Gasteiger partial charge is 0.318 e. The number of benzene rings is 2. The van der Waals surface area contributed by atoms with Crippen LogP contribution >= 0.6 is 0 Å². The number of pyridine rings is 1. The third kappa shape index (κ3) is 7.04. The highest BCUT2D eigenvalue weighted by molar-refractivity contribution is 5.83. The molecule has 1 aliphatic heterocycles. The molecule has 4 rings (SSSR count). The van der Waals surface area contributed by atoms with Gasteiger partial charge < -0.3 is 25.8 Å². The number of carboxylic acids is 1. The zero-order valence-electron chi connectivity index (χ0n) is 19.7. The molecule has 4 N–H and O–H groups in total. The summed E-state index contributed by atoms with van der Waals surface area (Å²) in [4.78, 5) is 15.9. The predicted molar refractivity (Wildman–Crippen MR) is 136 cm³/mol. The van der Waals surface area contributed by atoms with Gasteiger partial charge in [0.2, 0.25) is 0 Å². The summed E-state index contributed by atoms with van der Waals surface area (Å²) in [6.45, 7) is 3.14. The van der Waals surface area contributed by atoms with Gasteiger partial charge in [0.1, 0.15) is 11.2 Å². The van der Waals surface area contributed by atoms with E-state index in [1.165, 1.54) is 0 Å². The van der Waals surface area contributed by atoms with Crippen molar-refractivity contribution >= 4 is 17.5 Å². The Morgan fingerprint density at radius 2 is 1.74 bits per heavy atom. The fourth-order valence-electron chi connectivity index (χ4n) is 3.67. The molecule has 2 aromatic carbocycles. The largest absolute Gasteiger partial charge is 0.480 e. The van der Waals surface area contributed by atoms with Gasteiger partial charge in [0.05, 0.1) is 18.9 Å². The van der Waals surface area contributed by atoms with Gasteiger partial charge in [-0.3, -0.25) is 4.79 Å². The van der Waals surface area contributed by atoms with Crippen LogP contribution in [-0.2, 0) is 21.4 Å². The minimum Gasteiger partial charge on any atom is -0.480 e. The first-order valence-corrected chi connectivity index (χ1v) is 11.6. The molecule has 0 unspecified atom stereocenters. The minimum atomic E-state index is -0.867. The number of aliphatic carboxylic acids is 1. The number of nitrogens with one attached hydrogen (secondary N) is 3. The Kier molecular flexibility index (Phi) is 9.88. The maximum absolute atomic E-state index is 11.6. The van der Waals surface area contributed by atoms with Crippen molar-refractivity contribution in [3.05, 3.63) is 90.1 Å². The molecule has 7 nitrogen and oxygen atoms in total. The van der Waals surface area contributed by atoms with Crippen LogP contribution in [0, 0.1) is 0 Å².